The lowest BCUT2D eigenvalue weighted by Gasteiger charge is -2.05. The highest BCUT2D eigenvalue weighted by atomic mass is 79.9. The number of rotatable bonds is 1. The monoisotopic (exact) mass is 303 g/mol. The third-order valence-corrected chi connectivity index (χ3v) is 3.17. The number of fused-ring (bicyclic) bond motifs is 1. The Morgan fingerprint density at radius 2 is 2.11 bits per heavy atom. The summed E-state index contributed by atoms with van der Waals surface area (Å²) >= 11 is 3.36. The van der Waals surface area contributed by atoms with Crippen LogP contribution in [0.2, 0.25) is 0 Å². The third-order valence-electron chi connectivity index (χ3n) is 2.74. The van der Waals surface area contributed by atoms with Crippen LogP contribution in [0.3, 0.4) is 0 Å². The van der Waals surface area contributed by atoms with Gasteiger partial charge in [-0.2, -0.15) is 4.98 Å². The summed E-state index contributed by atoms with van der Waals surface area (Å²) in [5.74, 6) is 0.285. The zero-order valence-corrected chi connectivity index (χ0v) is 11.2. The quantitative estimate of drug-likeness (QED) is 0.701. The molecule has 0 radical (unpaired) electrons. The van der Waals surface area contributed by atoms with E-state index < -0.39 is 0 Å². The number of anilines is 1. The molecule has 3 aromatic rings. The van der Waals surface area contributed by atoms with Crippen molar-refractivity contribution in [2.45, 2.75) is 6.92 Å². The van der Waals surface area contributed by atoms with Crippen LogP contribution in [0, 0.1) is 6.92 Å². The minimum Gasteiger partial charge on any atom is -0.368 e. The summed E-state index contributed by atoms with van der Waals surface area (Å²) < 4.78 is 2.74. The van der Waals surface area contributed by atoms with Crippen LogP contribution in [0.1, 0.15) is 5.69 Å². The molecule has 90 valence electrons. The zero-order valence-electron chi connectivity index (χ0n) is 9.63. The molecule has 0 atom stereocenters. The minimum atomic E-state index is 0.285. The van der Waals surface area contributed by atoms with Crippen LogP contribution in [0.4, 0.5) is 5.95 Å². The first-order valence-corrected chi connectivity index (χ1v) is 6.17. The van der Waals surface area contributed by atoms with E-state index in [0.29, 0.717) is 0 Å². The number of nitrogens with two attached hydrogens (primary N) is 1. The van der Waals surface area contributed by atoms with E-state index in [9.17, 15) is 0 Å². The highest BCUT2D eigenvalue weighted by Gasteiger charge is 2.09. The Hall–Kier alpha value is -1.95. The fraction of sp³-hybridized carbons (Fsp3) is 0.0833. The summed E-state index contributed by atoms with van der Waals surface area (Å²) in [6, 6.07) is 5.82. The van der Waals surface area contributed by atoms with Crippen molar-refractivity contribution in [1.82, 2.24) is 19.5 Å². The van der Waals surface area contributed by atoms with Crippen molar-refractivity contribution in [2.75, 3.05) is 5.73 Å². The largest absolute Gasteiger partial charge is 0.368 e. The fourth-order valence-corrected chi connectivity index (χ4v) is 2.29. The second-order valence-corrected chi connectivity index (χ2v) is 4.74. The van der Waals surface area contributed by atoms with Gasteiger partial charge < -0.3 is 10.3 Å². The standard InChI is InChI=1S/C12H10BrN5/c1-7-9-3-5-18(11(9)17-12(14)16-7)8-2-4-15-10(13)6-8/h2-6H,1H3,(H2,14,16,17). The Morgan fingerprint density at radius 1 is 1.28 bits per heavy atom. The first-order chi connectivity index (χ1) is 8.65. The van der Waals surface area contributed by atoms with Crippen LogP contribution < -0.4 is 5.73 Å². The second-order valence-electron chi connectivity index (χ2n) is 3.93. The zero-order chi connectivity index (χ0) is 12.7. The Morgan fingerprint density at radius 3 is 2.89 bits per heavy atom. The van der Waals surface area contributed by atoms with E-state index in [1.165, 1.54) is 0 Å². The summed E-state index contributed by atoms with van der Waals surface area (Å²) in [5.41, 5.74) is 8.36. The normalized spacial score (nSPS) is 11.0. The molecule has 3 rings (SSSR count). The molecule has 0 aliphatic rings. The van der Waals surface area contributed by atoms with Gasteiger partial charge in [0.05, 0.1) is 11.4 Å². The maximum Gasteiger partial charge on any atom is 0.222 e. The fourth-order valence-electron chi connectivity index (χ4n) is 1.94. The Labute approximate surface area is 112 Å². The van der Waals surface area contributed by atoms with E-state index in [2.05, 4.69) is 30.9 Å². The highest BCUT2D eigenvalue weighted by molar-refractivity contribution is 9.10. The van der Waals surface area contributed by atoms with Gasteiger partial charge >= 0.3 is 0 Å². The number of nitrogen functional groups attached to an aromatic ring is 1. The molecule has 0 amide bonds. The topological polar surface area (TPSA) is 69.6 Å². The summed E-state index contributed by atoms with van der Waals surface area (Å²) in [6.45, 7) is 1.92. The number of hydrogen-bond acceptors (Lipinski definition) is 4. The molecule has 0 aliphatic heterocycles. The van der Waals surface area contributed by atoms with E-state index in [4.69, 9.17) is 5.73 Å². The number of aromatic nitrogens is 4. The minimum absolute atomic E-state index is 0.285. The number of aryl methyl sites for hydroxylation is 1. The Kier molecular flexibility index (Phi) is 2.52. The average molecular weight is 304 g/mol. The van der Waals surface area contributed by atoms with E-state index >= 15 is 0 Å². The van der Waals surface area contributed by atoms with E-state index in [1.54, 1.807) is 6.20 Å². The number of nitrogens with zero attached hydrogens (tertiary/aromatic N) is 4. The van der Waals surface area contributed by atoms with Crippen molar-refractivity contribution in [1.29, 1.82) is 0 Å². The molecule has 0 fully saturated rings. The summed E-state index contributed by atoms with van der Waals surface area (Å²) in [4.78, 5) is 12.6. The van der Waals surface area contributed by atoms with Gasteiger partial charge in [0.15, 0.2) is 0 Å². The lowest BCUT2D eigenvalue weighted by molar-refractivity contribution is 1.06. The van der Waals surface area contributed by atoms with E-state index in [0.717, 1.165) is 27.0 Å². The predicted molar refractivity (Wildman–Crippen MR) is 73.5 cm³/mol. The van der Waals surface area contributed by atoms with Crippen molar-refractivity contribution in [3.63, 3.8) is 0 Å². The predicted octanol–water partition coefficient (Wildman–Crippen LogP) is 2.47. The van der Waals surface area contributed by atoms with Gasteiger partial charge in [0.25, 0.3) is 0 Å². The molecule has 3 heterocycles. The molecule has 0 saturated carbocycles. The van der Waals surface area contributed by atoms with Crippen molar-refractivity contribution >= 4 is 32.9 Å². The molecule has 0 bridgehead atoms. The molecule has 2 N–H and O–H groups in total. The SMILES string of the molecule is Cc1nc(N)nc2c1ccn2-c1ccnc(Br)c1. The van der Waals surface area contributed by atoms with Crippen molar-refractivity contribution in [3.05, 3.63) is 40.9 Å². The van der Waals surface area contributed by atoms with Crippen molar-refractivity contribution < 1.29 is 0 Å². The van der Waals surface area contributed by atoms with Crippen LogP contribution >= 0.6 is 15.9 Å². The molecule has 6 heteroatoms. The number of halogens is 1. The highest BCUT2D eigenvalue weighted by Crippen LogP contribution is 2.22. The van der Waals surface area contributed by atoms with Crippen molar-refractivity contribution in [2.24, 2.45) is 0 Å². The molecule has 0 saturated heterocycles. The van der Waals surface area contributed by atoms with Crippen molar-refractivity contribution in [3.8, 4) is 5.69 Å². The van der Waals surface area contributed by atoms with Gasteiger partial charge in [-0.1, -0.05) is 0 Å². The second kappa shape index (κ2) is 4.06. The van der Waals surface area contributed by atoms with Gasteiger partial charge in [0, 0.05) is 17.8 Å². The van der Waals surface area contributed by atoms with Gasteiger partial charge in [0.2, 0.25) is 5.95 Å². The summed E-state index contributed by atoms with van der Waals surface area (Å²) in [6.07, 6.45) is 3.69. The average Bonchev–Trinajstić information content (AvgIpc) is 2.72. The van der Waals surface area contributed by atoms with Crippen LogP contribution in [-0.4, -0.2) is 19.5 Å². The molecule has 5 nitrogen and oxygen atoms in total. The van der Waals surface area contributed by atoms with Crippen LogP contribution in [-0.2, 0) is 0 Å². The molecular formula is C12H10BrN5. The van der Waals surface area contributed by atoms with Crippen LogP contribution in [0.15, 0.2) is 35.2 Å². The van der Waals surface area contributed by atoms with Gasteiger partial charge in [-0.15, -0.1) is 0 Å². The molecular weight excluding hydrogens is 294 g/mol. The van der Waals surface area contributed by atoms with E-state index in [-0.39, 0.29) is 5.95 Å². The Balaban J connectivity index is 2.30. The molecule has 0 unspecified atom stereocenters. The maximum absolute atomic E-state index is 5.70. The number of hydrogen-bond donors (Lipinski definition) is 1. The number of pyridine rings is 1. The Bertz CT molecular complexity index is 734. The molecule has 0 aliphatic carbocycles. The lowest BCUT2D eigenvalue weighted by atomic mass is 10.3. The van der Waals surface area contributed by atoms with Crippen LogP contribution in [0.5, 0.6) is 0 Å². The molecule has 18 heavy (non-hydrogen) atoms. The first-order valence-electron chi connectivity index (χ1n) is 5.38. The van der Waals surface area contributed by atoms with E-state index in [1.807, 2.05) is 35.9 Å². The van der Waals surface area contributed by atoms with Gasteiger partial charge in [-0.25, -0.2) is 9.97 Å². The molecule has 0 spiro atoms. The van der Waals surface area contributed by atoms with Gasteiger partial charge in [0.1, 0.15) is 10.3 Å². The first kappa shape index (κ1) is 11.2. The molecule has 3 aromatic heterocycles. The van der Waals surface area contributed by atoms with Crippen LogP contribution in [0.25, 0.3) is 16.7 Å². The molecule has 0 aromatic carbocycles. The smallest absolute Gasteiger partial charge is 0.222 e. The summed E-state index contributed by atoms with van der Waals surface area (Å²) in [5, 5.41) is 0.997. The summed E-state index contributed by atoms with van der Waals surface area (Å²) in [7, 11) is 0. The maximum atomic E-state index is 5.70. The third kappa shape index (κ3) is 1.74. The van der Waals surface area contributed by atoms with Gasteiger partial charge in [-0.05, 0) is 41.1 Å². The van der Waals surface area contributed by atoms with Gasteiger partial charge in [-0.3, -0.25) is 0 Å². The lowest BCUT2D eigenvalue weighted by Crippen LogP contribution is -2.00.